The van der Waals surface area contributed by atoms with Gasteiger partial charge in [-0.05, 0) is 6.92 Å². The zero-order valence-corrected chi connectivity index (χ0v) is 11.5. The summed E-state index contributed by atoms with van der Waals surface area (Å²) in [6.07, 6.45) is -3.02. The summed E-state index contributed by atoms with van der Waals surface area (Å²) in [5, 5.41) is 8.27. The van der Waals surface area contributed by atoms with Gasteiger partial charge in [0.15, 0.2) is 0 Å². The highest BCUT2D eigenvalue weighted by Crippen LogP contribution is 2.31. The molecule has 1 aromatic rings. The molecule has 118 valence electrons. The van der Waals surface area contributed by atoms with Crippen LogP contribution in [-0.4, -0.2) is 58.1 Å². The van der Waals surface area contributed by atoms with Crippen LogP contribution in [0, 0.1) is 0 Å². The van der Waals surface area contributed by atoms with Crippen molar-refractivity contribution < 1.29 is 22.7 Å². The third-order valence-electron chi connectivity index (χ3n) is 3.44. The first-order chi connectivity index (χ1) is 9.82. The maximum Gasteiger partial charge on any atom is 0.408 e. The van der Waals surface area contributed by atoms with Crippen LogP contribution in [0.25, 0.3) is 0 Å². The molecule has 2 amide bonds. The van der Waals surface area contributed by atoms with E-state index in [0.717, 1.165) is 6.92 Å². The van der Waals surface area contributed by atoms with E-state index >= 15 is 0 Å². The maximum absolute atomic E-state index is 12.5. The summed E-state index contributed by atoms with van der Waals surface area (Å²) < 4.78 is 42.8. The molecule has 3 atom stereocenters. The number of carbonyl (C=O) groups is 1. The van der Waals surface area contributed by atoms with Crippen LogP contribution in [0.5, 0.6) is 0 Å². The number of urea groups is 1. The summed E-state index contributed by atoms with van der Waals surface area (Å²) in [5.41, 5.74) is 0. The van der Waals surface area contributed by atoms with E-state index in [1.807, 2.05) is 5.32 Å². The number of likely N-dealkylation sites (tertiary alicyclic amines) is 1. The normalized spacial score (nSPS) is 24.1. The number of aromatic amines is 1. The van der Waals surface area contributed by atoms with Crippen molar-refractivity contribution in [3.8, 4) is 0 Å². The highest BCUT2D eigenvalue weighted by Gasteiger charge is 2.42. The first kappa shape index (κ1) is 15.5. The lowest BCUT2D eigenvalue weighted by Gasteiger charge is -2.26. The minimum atomic E-state index is -4.49. The van der Waals surface area contributed by atoms with Crippen molar-refractivity contribution in [3.63, 3.8) is 0 Å². The van der Waals surface area contributed by atoms with Crippen molar-refractivity contribution in [2.45, 2.75) is 37.7 Å². The van der Waals surface area contributed by atoms with E-state index in [9.17, 15) is 18.0 Å². The SMILES string of the molecule is CO[C@@H]1C[C@@H](c2ncn[nH]2)N(C(=O)N[C@H](C)C(F)(F)F)C1. The second-order valence-electron chi connectivity index (χ2n) is 4.85. The van der Waals surface area contributed by atoms with Gasteiger partial charge < -0.3 is 15.0 Å². The summed E-state index contributed by atoms with van der Waals surface area (Å²) in [6.45, 7) is 1.09. The lowest BCUT2D eigenvalue weighted by atomic mass is 10.2. The number of alkyl halides is 3. The molecular weight excluding hydrogens is 291 g/mol. The molecule has 1 aliphatic rings. The molecule has 0 saturated carbocycles. The predicted octanol–water partition coefficient (Wildman–Crippen LogP) is 1.23. The third-order valence-corrected chi connectivity index (χ3v) is 3.44. The van der Waals surface area contributed by atoms with Gasteiger partial charge in [-0.15, -0.1) is 0 Å². The molecule has 1 fully saturated rings. The number of aromatic nitrogens is 3. The van der Waals surface area contributed by atoms with Crippen LogP contribution in [0.4, 0.5) is 18.0 Å². The van der Waals surface area contributed by atoms with Crippen molar-refractivity contribution >= 4 is 6.03 Å². The molecule has 2 N–H and O–H groups in total. The van der Waals surface area contributed by atoms with E-state index in [1.54, 1.807) is 0 Å². The van der Waals surface area contributed by atoms with Crippen molar-refractivity contribution in [1.82, 2.24) is 25.4 Å². The largest absolute Gasteiger partial charge is 0.408 e. The lowest BCUT2D eigenvalue weighted by Crippen LogP contribution is -2.49. The second kappa shape index (κ2) is 5.88. The van der Waals surface area contributed by atoms with E-state index < -0.39 is 24.3 Å². The van der Waals surface area contributed by atoms with Gasteiger partial charge in [-0.3, -0.25) is 5.10 Å². The highest BCUT2D eigenvalue weighted by molar-refractivity contribution is 5.75. The van der Waals surface area contributed by atoms with Crippen LogP contribution < -0.4 is 5.32 Å². The number of rotatable bonds is 3. The smallest absolute Gasteiger partial charge is 0.380 e. The fraction of sp³-hybridized carbons (Fsp3) is 0.727. The lowest BCUT2D eigenvalue weighted by molar-refractivity contribution is -0.149. The fourth-order valence-electron chi connectivity index (χ4n) is 2.18. The van der Waals surface area contributed by atoms with Crippen LogP contribution in [0.15, 0.2) is 6.33 Å². The van der Waals surface area contributed by atoms with Crippen molar-refractivity contribution in [2.75, 3.05) is 13.7 Å². The Morgan fingerprint density at radius 1 is 1.62 bits per heavy atom. The van der Waals surface area contributed by atoms with E-state index in [0.29, 0.717) is 12.2 Å². The standard InChI is InChI=1S/C11H16F3N5O2/c1-6(11(12,13)14)17-10(20)19-4-7(21-2)3-8(19)9-15-5-16-18-9/h5-8H,3-4H2,1-2H3,(H,17,20)(H,15,16,18)/t6-,7-,8+/m1/s1. The number of halogens is 3. The maximum atomic E-state index is 12.5. The number of H-pyrrole nitrogens is 1. The average Bonchev–Trinajstić information content (AvgIpc) is 3.06. The molecule has 2 rings (SSSR count). The van der Waals surface area contributed by atoms with Crippen LogP contribution in [0.1, 0.15) is 25.2 Å². The van der Waals surface area contributed by atoms with Crippen LogP contribution >= 0.6 is 0 Å². The number of nitrogens with zero attached hydrogens (tertiary/aromatic N) is 3. The number of ether oxygens (including phenoxy) is 1. The van der Waals surface area contributed by atoms with Crippen LogP contribution in [0.3, 0.4) is 0 Å². The summed E-state index contributed by atoms with van der Waals surface area (Å²) in [7, 11) is 1.49. The van der Waals surface area contributed by atoms with E-state index in [1.165, 1.54) is 18.3 Å². The Morgan fingerprint density at radius 3 is 2.86 bits per heavy atom. The van der Waals surface area contributed by atoms with Crippen molar-refractivity contribution in [2.24, 2.45) is 0 Å². The van der Waals surface area contributed by atoms with Gasteiger partial charge in [-0.1, -0.05) is 0 Å². The Bertz CT molecular complexity index is 479. The average molecular weight is 307 g/mol. The molecule has 10 heteroatoms. The molecule has 0 aliphatic carbocycles. The van der Waals surface area contributed by atoms with E-state index in [-0.39, 0.29) is 12.6 Å². The molecule has 0 unspecified atom stereocenters. The topological polar surface area (TPSA) is 83.1 Å². The quantitative estimate of drug-likeness (QED) is 0.880. The van der Waals surface area contributed by atoms with Crippen molar-refractivity contribution in [3.05, 3.63) is 12.2 Å². The number of methoxy groups -OCH3 is 1. The van der Waals surface area contributed by atoms with Crippen molar-refractivity contribution in [1.29, 1.82) is 0 Å². The Balaban J connectivity index is 2.10. The Labute approximate surface area is 118 Å². The molecular formula is C11H16F3N5O2. The molecule has 1 aliphatic heterocycles. The molecule has 7 nitrogen and oxygen atoms in total. The predicted molar refractivity (Wildman–Crippen MR) is 65.3 cm³/mol. The van der Waals surface area contributed by atoms with E-state index in [2.05, 4.69) is 15.2 Å². The molecule has 0 aromatic carbocycles. The van der Waals surface area contributed by atoms with E-state index in [4.69, 9.17) is 4.74 Å². The molecule has 0 spiro atoms. The number of nitrogens with one attached hydrogen (secondary N) is 2. The highest BCUT2D eigenvalue weighted by atomic mass is 19.4. The number of carbonyl (C=O) groups excluding carboxylic acids is 1. The van der Waals surface area contributed by atoms with Crippen LogP contribution in [0.2, 0.25) is 0 Å². The first-order valence-corrected chi connectivity index (χ1v) is 6.34. The number of hydrogen-bond donors (Lipinski definition) is 2. The van der Waals surface area contributed by atoms with Gasteiger partial charge >= 0.3 is 12.2 Å². The summed E-state index contributed by atoms with van der Waals surface area (Å²) in [6, 6.07) is -3.22. The van der Waals surface area contributed by atoms with Crippen LogP contribution in [-0.2, 0) is 4.74 Å². The number of hydrogen-bond acceptors (Lipinski definition) is 4. The second-order valence-corrected chi connectivity index (χ2v) is 4.85. The summed E-state index contributed by atoms with van der Waals surface area (Å²) in [5.74, 6) is 0.421. The molecule has 0 radical (unpaired) electrons. The van der Waals surface area contributed by atoms with Gasteiger partial charge in [-0.2, -0.15) is 18.3 Å². The Morgan fingerprint density at radius 2 is 2.33 bits per heavy atom. The minimum absolute atomic E-state index is 0.193. The molecule has 2 heterocycles. The molecule has 0 bridgehead atoms. The summed E-state index contributed by atoms with van der Waals surface area (Å²) >= 11 is 0. The Hall–Kier alpha value is -1.84. The zero-order chi connectivity index (χ0) is 15.6. The summed E-state index contributed by atoms with van der Waals surface area (Å²) in [4.78, 5) is 17.3. The molecule has 21 heavy (non-hydrogen) atoms. The van der Waals surface area contributed by atoms with Gasteiger partial charge in [0.25, 0.3) is 0 Å². The molecule has 1 aromatic heterocycles. The third kappa shape index (κ3) is 3.43. The van der Waals surface area contributed by atoms with Gasteiger partial charge in [0.05, 0.1) is 12.1 Å². The van der Waals surface area contributed by atoms with Gasteiger partial charge in [0.2, 0.25) is 0 Å². The first-order valence-electron chi connectivity index (χ1n) is 6.34. The fourth-order valence-corrected chi connectivity index (χ4v) is 2.18. The minimum Gasteiger partial charge on any atom is -0.380 e. The van der Waals surface area contributed by atoms with Gasteiger partial charge in [-0.25, -0.2) is 9.78 Å². The van der Waals surface area contributed by atoms with Gasteiger partial charge in [0.1, 0.15) is 18.2 Å². The monoisotopic (exact) mass is 307 g/mol. The zero-order valence-electron chi connectivity index (χ0n) is 11.5. The van der Waals surface area contributed by atoms with Gasteiger partial charge in [0, 0.05) is 20.1 Å². The molecule has 1 saturated heterocycles. The Kier molecular flexibility index (Phi) is 4.35. The number of amides is 2.